The largest absolute Gasteiger partial charge is 0.315 e. The lowest BCUT2D eigenvalue weighted by molar-refractivity contribution is 0.429. The third-order valence-corrected chi connectivity index (χ3v) is 5.60. The Kier molecular flexibility index (Phi) is 5.01. The van der Waals surface area contributed by atoms with Gasteiger partial charge in [-0.1, -0.05) is 18.2 Å². The molecule has 6 heteroatoms. The van der Waals surface area contributed by atoms with E-state index >= 15 is 0 Å². The monoisotopic (exact) mass is 297 g/mol. The van der Waals surface area contributed by atoms with E-state index in [1.807, 2.05) is 38.1 Å². The molecule has 1 aromatic rings. The van der Waals surface area contributed by atoms with Gasteiger partial charge in [0.25, 0.3) is 0 Å². The van der Waals surface area contributed by atoms with E-state index in [-0.39, 0.29) is 0 Å². The lowest BCUT2D eigenvalue weighted by Gasteiger charge is -2.30. The molecular formula is C14H23N3O2S. The maximum Gasteiger partial charge on any atom is 0.304 e. The molecule has 0 atom stereocenters. The third kappa shape index (κ3) is 3.13. The van der Waals surface area contributed by atoms with E-state index in [0.29, 0.717) is 26.2 Å². The van der Waals surface area contributed by atoms with Gasteiger partial charge in [-0.15, -0.1) is 0 Å². The van der Waals surface area contributed by atoms with Crippen molar-refractivity contribution in [2.45, 2.75) is 20.3 Å². The molecule has 1 fully saturated rings. The Morgan fingerprint density at radius 2 is 2.00 bits per heavy atom. The van der Waals surface area contributed by atoms with E-state index in [1.54, 1.807) is 4.31 Å². The van der Waals surface area contributed by atoms with Crippen molar-refractivity contribution in [3.63, 3.8) is 0 Å². The maximum absolute atomic E-state index is 12.8. The van der Waals surface area contributed by atoms with Gasteiger partial charge in [0.05, 0.1) is 5.69 Å². The average Bonchev–Trinajstić information content (AvgIpc) is 2.71. The molecule has 1 N–H and O–H groups in total. The summed E-state index contributed by atoms with van der Waals surface area (Å²) in [5, 5.41) is 3.23. The molecule has 0 amide bonds. The number of nitrogens with one attached hydrogen (secondary N) is 1. The van der Waals surface area contributed by atoms with Gasteiger partial charge in [0, 0.05) is 26.2 Å². The van der Waals surface area contributed by atoms with Crippen molar-refractivity contribution in [2.75, 3.05) is 37.0 Å². The first kappa shape index (κ1) is 15.3. The Balaban J connectivity index is 2.32. The van der Waals surface area contributed by atoms with Crippen LogP contribution in [0, 0.1) is 6.92 Å². The Bertz CT molecular complexity index is 537. The molecule has 0 saturated carbocycles. The van der Waals surface area contributed by atoms with Crippen LogP contribution in [0.1, 0.15) is 18.9 Å². The van der Waals surface area contributed by atoms with E-state index < -0.39 is 10.2 Å². The van der Waals surface area contributed by atoms with Crippen LogP contribution in [-0.2, 0) is 10.2 Å². The van der Waals surface area contributed by atoms with Crippen LogP contribution in [-0.4, -0.2) is 45.4 Å². The number of nitrogens with zero attached hydrogens (tertiary/aromatic N) is 2. The van der Waals surface area contributed by atoms with Crippen LogP contribution in [0.4, 0.5) is 5.69 Å². The number of anilines is 1. The molecular weight excluding hydrogens is 274 g/mol. The van der Waals surface area contributed by atoms with Gasteiger partial charge < -0.3 is 5.32 Å². The highest BCUT2D eigenvalue weighted by molar-refractivity contribution is 7.90. The van der Waals surface area contributed by atoms with Crippen molar-refractivity contribution < 1.29 is 8.42 Å². The van der Waals surface area contributed by atoms with Gasteiger partial charge in [0.1, 0.15) is 0 Å². The molecule has 1 aliphatic heterocycles. The number of aryl methyl sites for hydroxylation is 1. The van der Waals surface area contributed by atoms with E-state index in [1.165, 1.54) is 4.31 Å². The molecule has 1 heterocycles. The topological polar surface area (TPSA) is 52.7 Å². The van der Waals surface area contributed by atoms with Crippen LogP contribution in [0.2, 0.25) is 0 Å². The van der Waals surface area contributed by atoms with Crippen LogP contribution in [0.25, 0.3) is 0 Å². The van der Waals surface area contributed by atoms with Gasteiger partial charge in [0.2, 0.25) is 0 Å². The summed E-state index contributed by atoms with van der Waals surface area (Å²) in [4.78, 5) is 0. The lowest BCUT2D eigenvalue weighted by Crippen LogP contribution is -2.45. The Morgan fingerprint density at radius 1 is 1.25 bits per heavy atom. The van der Waals surface area contributed by atoms with Crippen molar-refractivity contribution in [1.82, 2.24) is 9.62 Å². The lowest BCUT2D eigenvalue weighted by atomic mass is 10.2. The molecule has 1 aromatic carbocycles. The van der Waals surface area contributed by atoms with Gasteiger partial charge >= 0.3 is 10.2 Å². The second-order valence-electron chi connectivity index (χ2n) is 4.96. The molecule has 0 bridgehead atoms. The predicted octanol–water partition coefficient (Wildman–Crippen LogP) is 1.36. The van der Waals surface area contributed by atoms with Gasteiger partial charge in [-0.2, -0.15) is 12.7 Å². The number of rotatable bonds is 4. The Labute approximate surface area is 121 Å². The molecule has 1 aliphatic rings. The second-order valence-corrected chi connectivity index (χ2v) is 6.81. The molecule has 112 valence electrons. The highest BCUT2D eigenvalue weighted by atomic mass is 32.2. The quantitative estimate of drug-likeness (QED) is 0.913. The number of hydrogen-bond donors (Lipinski definition) is 1. The second kappa shape index (κ2) is 6.56. The van der Waals surface area contributed by atoms with Crippen molar-refractivity contribution in [3.05, 3.63) is 29.8 Å². The number of para-hydroxylation sites is 1. The Hall–Kier alpha value is -1.11. The van der Waals surface area contributed by atoms with Crippen molar-refractivity contribution >= 4 is 15.9 Å². The minimum absolute atomic E-state index is 0.442. The van der Waals surface area contributed by atoms with Crippen LogP contribution >= 0.6 is 0 Å². The van der Waals surface area contributed by atoms with Crippen LogP contribution in [0.3, 0.4) is 0 Å². The molecule has 2 rings (SSSR count). The van der Waals surface area contributed by atoms with Crippen LogP contribution < -0.4 is 9.62 Å². The average molecular weight is 297 g/mol. The summed E-state index contributed by atoms with van der Waals surface area (Å²) in [5.74, 6) is 0. The van der Waals surface area contributed by atoms with Gasteiger partial charge in [-0.3, -0.25) is 4.31 Å². The first-order valence-electron chi connectivity index (χ1n) is 7.11. The minimum Gasteiger partial charge on any atom is -0.315 e. The van der Waals surface area contributed by atoms with Crippen LogP contribution in [0.5, 0.6) is 0 Å². The summed E-state index contributed by atoms with van der Waals surface area (Å²) in [6.07, 6.45) is 0.852. The van der Waals surface area contributed by atoms with Crippen molar-refractivity contribution in [2.24, 2.45) is 0 Å². The fourth-order valence-electron chi connectivity index (χ4n) is 2.49. The van der Waals surface area contributed by atoms with Gasteiger partial charge in [-0.25, -0.2) is 0 Å². The molecule has 20 heavy (non-hydrogen) atoms. The minimum atomic E-state index is -3.45. The zero-order valence-electron chi connectivity index (χ0n) is 12.2. The van der Waals surface area contributed by atoms with Gasteiger partial charge in [-0.05, 0) is 38.4 Å². The first-order valence-corrected chi connectivity index (χ1v) is 8.51. The molecule has 5 nitrogen and oxygen atoms in total. The summed E-state index contributed by atoms with van der Waals surface area (Å²) >= 11 is 0. The first-order chi connectivity index (χ1) is 9.57. The summed E-state index contributed by atoms with van der Waals surface area (Å²) in [6.45, 7) is 6.96. The number of benzene rings is 1. The predicted molar refractivity (Wildman–Crippen MR) is 82.2 cm³/mol. The zero-order valence-corrected chi connectivity index (χ0v) is 13.0. The molecule has 0 aromatic heterocycles. The summed E-state index contributed by atoms with van der Waals surface area (Å²) < 4.78 is 28.8. The van der Waals surface area contributed by atoms with E-state index in [4.69, 9.17) is 0 Å². The molecule has 0 aliphatic carbocycles. The standard InChI is InChI=1S/C14H23N3O2S/c1-3-17(14-8-5-4-7-13(14)2)20(18,19)16-11-6-9-15-10-12-16/h4-5,7-8,15H,3,6,9-12H2,1-2H3. The summed E-state index contributed by atoms with van der Waals surface area (Å²) in [6, 6.07) is 7.61. The van der Waals surface area contributed by atoms with Crippen LogP contribution in [0.15, 0.2) is 24.3 Å². The van der Waals surface area contributed by atoms with Gasteiger partial charge in [0.15, 0.2) is 0 Å². The summed E-state index contributed by atoms with van der Waals surface area (Å²) in [7, 11) is -3.45. The van der Waals surface area contributed by atoms with E-state index in [2.05, 4.69) is 5.32 Å². The zero-order chi connectivity index (χ0) is 14.6. The smallest absolute Gasteiger partial charge is 0.304 e. The molecule has 0 unspecified atom stereocenters. The normalized spacial score (nSPS) is 17.7. The van der Waals surface area contributed by atoms with Crippen molar-refractivity contribution in [3.8, 4) is 0 Å². The molecule has 0 radical (unpaired) electrons. The molecule has 0 spiro atoms. The highest BCUT2D eigenvalue weighted by Gasteiger charge is 2.29. The fraction of sp³-hybridized carbons (Fsp3) is 0.571. The fourth-order valence-corrected chi connectivity index (χ4v) is 4.23. The van der Waals surface area contributed by atoms with E-state index in [9.17, 15) is 8.42 Å². The van der Waals surface area contributed by atoms with E-state index in [0.717, 1.165) is 24.2 Å². The SMILES string of the molecule is CCN(c1ccccc1C)S(=O)(=O)N1CCCNCC1. The molecule has 1 saturated heterocycles. The maximum atomic E-state index is 12.8. The number of hydrogen-bond acceptors (Lipinski definition) is 3. The van der Waals surface area contributed by atoms with Crippen molar-refractivity contribution in [1.29, 1.82) is 0 Å². The Morgan fingerprint density at radius 3 is 2.70 bits per heavy atom. The highest BCUT2D eigenvalue weighted by Crippen LogP contribution is 2.24. The summed E-state index contributed by atoms with van der Waals surface area (Å²) in [5.41, 5.74) is 1.75. The third-order valence-electron chi connectivity index (χ3n) is 3.58.